The smallest absolute Gasteiger partial charge is 0.108 e. The summed E-state index contributed by atoms with van der Waals surface area (Å²) in [6.45, 7) is 0.542. The average Bonchev–Trinajstić information content (AvgIpc) is 2.62. The molecule has 0 aromatic carbocycles. The van der Waals surface area contributed by atoms with E-state index < -0.39 is 0 Å². The largest absolute Gasteiger partial charge is 0.332 e. The van der Waals surface area contributed by atoms with Gasteiger partial charge in [0.1, 0.15) is 5.82 Å². The molecule has 1 aliphatic rings. The van der Waals surface area contributed by atoms with Crippen LogP contribution in [0.15, 0.2) is 17.5 Å². The normalized spacial score (nSPS) is 20.5. The number of imidazole rings is 1. The van der Waals surface area contributed by atoms with Crippen molar-refractivity contribution in [2.45, 2.75) is 25.3 Å². The molecule has 0 radical (unpaired) electrons. The summed E-state index contributed by atoms with van der Waals surface area (Å²) in [6.07, 6.45) is 7.04. The molecule has 13 heavy (non-hydrogen) atoms. The molecule has 0 saturated heterocycles. The third-order valence-electron chi connectivity index (χ3n) is 2.44. The predicted octanol–water partition coefficient (Wildman–Crippen LogP) is 2.07. The first kappa shape index (κ1) is 8.13. The number of rotatable bonds is 2. The summed E-state index contributed by atoms with van der Waals surface area (Å²) in [5.41, 5.74) is 8.23. The molecule has 0 saturated carbocycles. The van der Waals surface area contributed by atoms with Crippen LogP contribution >= 0.6 is 0 Å². The third kappa shape index (κ3) is 1.51. The molecule has 68 valence electrons. The number of nitrogens with zero attached hydrogens (tertiary/aromatic N) is 5. The first-order chi connectivity index (χ1) is 6.42. The van der Waals surface area contributed by atoms with Gasteiger partial charge in [-0.2, -0.15) is 0 Å². The molecular weight excluding hydrogens is 166 g/mol. The number of aryl methyl sites for hydroxylation is 1. The van der Waals surface area contributed by atoms with E-state index in [1.807, 2.05) is 12.4 Å². The Balaban J connectivity index is 2.19. The second kappa shape index (κ2) is 3.49. The van der Waals surface area contributed by atoms with E-state index in [4.69, 9.17) is 5.53 Å². The molecule has 0 spiro atoms. The molecule has 1 atom stereocenters. The maximum Gasteiger partial charge on any atom is 0.108 e. The average molecular weight is 177 g/mol. The summed E-state index contributed by atoms with van der Waals surface area (Å²) in [6, 6.07) is 0.321. The Labute approximate surface area is 76.0 Å². The van der Waals surface area contributed by atoms with Crippen LogP contribution in [0.1, 0.15) is 24.7 Å². The van der Waals surface area contributed by atoms with Crippen LogP contribution in [0.25, 0.3) is 10.4 Å². The van der Waals surface area contributed by atoms with Gasteiger partial charge in [0.25, 0.3) is 0 Å². The minimum absolute atomic E-state index is 0.321. The van der Waals surface area contributed by atoms with Crippen molar-refractivity contribution < 1.29 is 0 Å². The molecule has 0 N–H and O–H groups in total. The van der Waals surface area contributed by atoms with Crippen molar-refractivity contribution in [1.82, 2.24) is 9.55 Å². The molecule has 5 heteroatoms. The highest BCUT2D eigenvalue weighted by Crippen LogP contribution is 2.23. The van der Waals surface area contributed by atoms with Gasteiger partial charge in [-0.1, -0.05) is 5.11 Å². The van der Waals surface area contributed by atoms with Crippen LogP contribution in [0.3, 0.4) is 0 Å². The lowest BCUT2D eigenvalue weighted by Crippen LogP contribution is -2.19. The van der Waals surface area contributed by atoms with Crippen LogP contribution in [-0.4, -0.2) is 16.1 Å². The van der Waals surface area contributed by atoms with Gasteiger partial charge in [0.15, 0.2) is 0 Å². The highest BCUT2D eigenvalue weighted by molar-refractivity contribution is 4.99. The second-order valence-corrected chi connectivity index (χ2v) is 3.21. The quantitative estimate of drug-likeness (QED) is 0.387. The highest BCUT2D eigenvalue weighted by Gasteiger charge is 2.18. The van der Waals surface area contributed by atoms with Crippen molar-refractivity contribution >= 4 is 0 Å². The van der Waals surface area contributed by atoms with Gasteiger partial charge < -0.3 is 4.57 Å². The SMILES string of the molecule is [N-]=[N+]=NCC1CCCc2nccn21. The minimum Gasteiger partial charge on any atom is -0.332 e. The van der Waals surface area contributed by atoms with Gasteiger partial charge in [-0.3, -0.25) is 0 Å². The van der Waals surface area contributed by atoms with Crippen LogP contribution in [0.4, 0.5) is 0 Å². The Bertz CT molecular complexity index is 336. The molecule has 0 bridgehead atoms. The molecule has 0 aliphatic carbocycles. The van der Waals surface area contributed by atoms with Crippen molar-refractivity contribution in [3.63, 3.8) is 0 Å². The minimum atomic E-state index is 0.321. The maximum absolute atomic E-state index is 8.23. The summed E-state index contributed by atoms with van der Waals surface area (Å²) in [4.78, 5) is 7.02. The zero-order valence-electron chi connectivity index (χ0n) is 7.30. The summed E-state index contributed by atoms with van der Waals surface area (Å²) in [5.74, 6) is 1.12. The molecule has 0 fully saturated rings. The Kier molecular flexibility index (Phi) is 2.19. The molecule has 1 aliphatic heterocycles. The van der Waals surface area contributed by atoms with Gasteiger partial charge in [0, 0.05) is 36.3 Å². The van der Waals surface area contributed by atoms with Crippen molar-refractivity contribution in [3.8, 4) is 0 Å². The van der Waals surface area contributed by atoms with Gasteiger partial charge in [0.2, 0.25) is 0 Å². The molecule has 2 rings (SSSR count). The molecule has 0 amide bonds. The third-order valence-corrected chi connectivity index (χ3v) is 2.44. The van der Waals surface area contributed by atoms with Crippen molar-refractivity contribution in [1.29, 1.82) is 0 Å². The van der Waals surface area contributed by atoms with Gasteiger partial charge in [-0.25, -0.2) is 4.98 Å². The zero-order valence-corrected chi connectivity index (χ0v) is 7.30. The van der Waals surface area contributed by atoms with E-state index >= 15 is 0 Å². The van der Waals surface area contributed by atoms with E-state index in [0.29, 0.717) is 12.6 Å². The second-order valence-electron chi connectivity index (χ2n) is 3.21. The summed E-state index contributed by atoms with van der Waals surface area (Å²) >= 11 is 0. The van der Waals surface area contributed by atoms with Crippen LogP contribution in [0.2, 0.25) is 0 Å². The predicted molar refractivity (Wildman–Crippen MR) is 48.2 cm³/mol. The fourth-order valence-corrected chi connectivity index (χ4v) is 1.81. The lowest BCUT2D eigenvalue weighted by molar-refractivity contribution is 0.404. The van der Waals surface area contributed by atoms with E-state index in [0.717, 1.165) is 25.1 Å². The standard InChI is InChI=1S/C8H11N5/c9-12-11-6-7-2-1-3-8-10-4-5-13(7)8/h4-5,7H,1-3,6H2. The fourth-order valence-electron chi connectivity index (χ4n) is 1.81. The highest BCUT2D eigenvalue weighted by atomic mass is 15.2. The van der Waals surface area contributed by atoms with Gasteiger partial charge in [0.05, 0.1) is 0 Å². The molecule has 5 nitrogen and oxygen atoms in total. The van der Waals surface area contributed by atoms with E-state index in [-0.39, 0.29) is 0 Å². The number of aromatic nitrogens is 2. The molecule has 1 unspecified atom stereocenters. The van der Waals surface area contributed by atoms with Crippen LogP contribution < -0.4 is 0 Å². The Hall–Kier alpha value is -1.48. The molecular formula is C8H11N5. The molecule has 1 aromatic rings. The lowest BCUT2D eigenvalue weighted by atomic mass is 10.1. The fraction of sp³-hybridized carbons (Fsp3) is 0.625. The number of hydrogen-bond donors (Lipinski definition) is 0. The Morgan fingerprint density at radius 2 is 2.69 bits per heavy atom. The topological polar surface area (TPSA) is 66.6 Å². The van der Waals surface area contributed by atoms with E-state index in [1.165, 1.54) is 0 Å². The number of hydrogen-bond acceptors (Lipinski definition) is 2. The van der Waals surface area contributed by atoms with Gasteiger partial charge in [-0.15, -0.1) is 0 Å². The first-order valence-corrected chi connectivity index (χ1v) is 4.44. The van der Waals surface area contributed by atoms with E-state index in [1.54, 1.807) is 0 Å². The van der Waals surface area contributed by atoms with Crippen LogP contribution in [-0.2, 0) is 6.42 Å². The van der Waals surface area contributed by atoms with E-state index in [9.17, 15) is 0 Å². The molecule has 1 aromatic heterocycles. The van der Waals surface area contributed by atoms with E-state index in [2.05, 4.69) is 19.6 Å². The maximum atomic E-state index is 8.23. The van der Waals surface area contributed by atoms with Crippen LogP contribution in [0.5, 0.6) is 0 Å². The monoisotopic (exact) mass is 177 g/mol. The van der Waals surface area contributed by atoms with Gasteiger partial charge in [-0.05, 0) is 18.4 Å². The number of fused-ring (bicyclic) bond motifs is 1. The van der Waals surface area contributed by atoms with Crippen molar-refractivity contribution in [3.05, 3.63) is 28.7 Å². The first-order valence-electron chi connectivity index (χ1n) is 4.44. The summed E-state index contributed by atoms with van der Waals surface area (Å²) in [5, 5.41) is 3.61. The number of azide groups is 1. The Morgan fingerprint density at radius 1 is 1.77 bits per heavy atom. The Morgan fingerprint density at radius 3 is 3.54 bits per heavy atom. The summed E-state index contributed by atoms with van der Waals surface area (Å²) in [7, 11) is 0. The van der Waals surface area contributed by atoms with Crippen LogP contribution in [0, 0.1) is 0 Å². The zero-order chi connectivity index (χ0) is 9.10. The van der Waals surface area contributed by atoms with Gasteiger partial charge >= 0.3 is 0 Å². The molecule has 2 heterocycles. The summed E-state index contributed by atoms with van der Waals surface area (Å²) < 4.78 is 2.12. The van der Waals surface area contributed by atoms with Crippen molar-refractivity contribution in [2.75, 3.05) is 6.54 Å². The lowest BCUT2D eigenvalue weighted by Gasteiger charge is -2.23. The van der Waals surface area contributed by atoms with Crippen molar-refractivity contribution in [2.24, 2.45) is 5.11 Å².